The van der Waals surface area contributed by atoms with Crippen molar-refractivity contribution in [1.29, 1.82) is 0 Å². The van der Waals surface area contributed by atoms with E-state index in [0.29, 0.717) is 12.3 Å². The van der Waals surface area contributed by atoms with Crippen molar-refractivity contribution in [1.82, 2.24) is 4.90 Å². The fourth-order valence-electron chi connectivity index (χ4n) is 3.69. The van der Waals surface area contributed by atoms with Gasteiger partial charge in [-0.05, 0) is 44.1 Å². The Labute approximate surface area is 132 Å². The summed E-state index contributed by atoms with van der Waals surface area (Å²) in [7, 11) is 0. The number of likely N-dealkylation sites (tertiary alicyclic amines) is 1. The summed E-state index contributed by atoms with van der Waals surface area (Å²) in [5.41, 5.74) is 0.947. The monoisotopic (exact) mass is 299 g/mol. The first-order valence-electron chi connectivity index (χ1n) is 8.44. The third-order valence-electron chi connectivity index (χ3n) is 4.96. The van der Waals surface area contributed by atoms with E-state index >= 15 is 0 Å². The minimum absolute atomic E-state index is 0.152. The van der Waals surface area contributed by atoms with Crippen LogP contribution in [0.25, 0.3) is 0 Å². The fourth-order valence-corrected chi connectivity index (χ4v) is 3.69. The Bertz CT molecular complexity index is 525. The molecule has 3 rings (SSSR count). The highest BCUT2D eigenvalue weighted by atomic mass is 16.3. The molecule has 1 aromatic carbocycles. The second-order valence-electron chi connectivity index (χ2n) is 6.47. The number of aliphatic hydroxyl groups excluding tert-OH is 1. The van der Waals surface area contributed by atoms with E-state index in [1.165, 1.54) is 0 Å². The lowest BCUT2D eigenvalue weighted by Crippen LogP contribution is -2.40. The summed E-state index contributed by atoms with van der Waals surface area (Å²) in [4.78, 5) is 14.8. The van der Waals surface area contributed by atoms with Gasteiger partial charge in [-0.2, -0.15) is 0 Å². The smallest absolute Gasteiger partial charge is 0.226 e. The maximum Gasteiger partial charge on any atom is 0.226 e. The van der Waals surface area contributed by atoms with Gasteiger partial charge >= 0.3 is 0 Å². The highest BCUT2D eigenvalue weighted by molar-refractivity contribution is 5.79. The van der Waals surface area contributed by atoms with E-state index < -0.39 is 6.10 Å². The molecule has 1 aromatic rings. The van der Waals surface area contributed by atoms with Crippen LogP contribution in [-0.2, 0) is 4.79 Å². The van der Waals surface area contributed by atoms with Gasteiger partial charge < -0.3 is 10.0 Å². The molecule has 3 nitrogen and oxygen atoms in total. The molecule has 3 heteroatoms. The fraction of sp³-hybridized carbons (Fsp3) is 0.526. The van der Waals surface area contributed by atoms with Crippen LogP contribution in [0.2, 0.25) is 0 Å². The van der Waals surface area contributed by atoms with E-state index in [4.69, 9.17) is 0 Å². The molecule has 3 atom stereocenters. The summed E-state index contributed by atoms with van der Waals surface area (Å²) in [5.74, 6) is 0.451. The molecule has 1 saturated heterocycles. The van der Waals surface area contributed by atoms with Crippen LogP contribution in [0.15, 0.2) is 42.5 Å². The summed E-state index contributed by atoms with van der Waals surface area (Å²) in [6.07, 6.45) is 9.41. The number of hydrogen-bond donors (Lipinski definition) is 1. The Hall–Kier alpha value is -1.61. The zero-order valence-corrected chi connectivity index (χ0v) is 13.0. The van der Waals surface area contributed by atoms with Crippen LogP contribution in [0.1, 0.15) is 50.2 Å². The molecule has 1 aliphatic heterocycles. The van der Waals surface area contributed by atoms with E-state index in [1.807, 2.05) is 35.2 Å². The molecule has 0 unspecified atom stereocenters. The van der Waals surface area contributed by atoms with Crippen molar-refractivity contribution in [2.24, 2.45) is 5.92 Å². The SMILES string of the molecule is O=C([C@@H]1CC=CCC1)N1CCC[C@H]1C[C@H](O)c1ccccc1. The van der Waals surface area contributed by atoms with Crippen molar-refractivity contribution in [3.05, 3.63) is 48.0 Å². The van der Waals surface area contributed by atoms with Crippen molar-refractivity contribution in [2.75, 3.05) is 6.54 Å². The normalized spacial score (nSPS) is 26.1. The van der Waals surface area contributed by atoms with Crippen molar-refractivity contribution in [2.45, 2.75) is 50.7 Å². The largest absolute Gasteiger partial charge is 0.388 e. The molecule has 118 valence electrons. The molecule has 0 bridgehead atoms. The second kappa shape index (κ2) is 7.10. The van der Waals surface area contributed by atoms with Gasteiger partial charge in [0.1, 0.15) is 0 Å². The highest BCUT2D eigenvalue weighted by Gasteiger charge is 2.34. The van der Waals surface area contributed by atoms with Gasteiger partial charge in [-0.3, -0.25) is 4.79 Å². The molecule has 1 aliphatic carbocycles. The highest BCUT2D eigenvalue weighted by Crippen LogP contribution is 2.30. The van der Waals surface area contributed by atoms with Gasteiger partial charge in [0.05, 0.1) is 6.10 Å². The predicted molar refractivity (Wildman–Crippen MR) is 87.2 cm³/mol. The number of carbonyl (C=O) groups is 1. The van der Waals surface area contributed by atoms with E-state index in [2.05, 4.69) is 12.2 Å². The summed E-state index contributed by atoms with van der Waals surface area (Å²) >= 11 is 0. The van der Waals surface area contributed by atoms with E-state index in [-0.39, 0.29) is 12.0 Å². The van der Waals surface area contributed by atoms with Crippen LogP contribution >= 0.6 is 0 Å². The van der Waals surface area contributed by atoms with Crippen LogP contribution in [0.4, 0.5) is 0 Å². The molecule has 1 heterocycles. The van der Waals surface area contributed by atoms with Crippen LogP contribution in [-0.4, -0.2) is 28.5 Å². The van der Waals surface area contributed by atoms with Crippen molar-refractivity contribution >= 4 is 5.91 Å². The summed E-state index contributed by atoms with van der Waals surface area (Å²) in [6, 6.07) is 9.96. The zero-order valence-electron chi connectivity index (χ0n) is 13.0. The molecule has 0 aromatic heterocycles. The van der Waals surface area contributed by atoms with Crippen LogP contribution in [0, 0.1) is 5.92 Å². The average molecular weight is 299 g/mol. The summed E-state index contributed by atoms with van der Waals surface area (Å²) in [6.45, 7) is 0.852. The lowest BCUT2D eigenvalue weighted by Gasteiger charge is -2.30. The Kier molecular flexibility index (Phi) is 4.94. The van der Waals surface area contributed by atoms with Gasteiger partial charge in [0, 0.05) is 18.5 Å². The van der Waals surface area contributed by atoms with Gasteiger partial charge in [-0.15, -0.1) is 0 Å². The first kappa shape index (κ1) is 15.3. The minimum atomic E-state index is -0.481. The lowest BCUT2D eigenvalue weighted by molar-refractivity contribution is -0.137. The quantitative estimate of drug-likeness (QED) is 0.865. The number of benzene rings is 1. The van der Waals surface area contributed by atoms with Gasteiger partial charge in [0.2, 0.25) is 5.91 Å². The maximum atomic E-state index is 12.7. The Balaban J connectivity index is 1.63. The Morgan fingerprint density at radius 2 is 2.05 bits per heavy atom. The lowest BCUT2D eigenvalue weighted by atomic mass is 9.92. The number of aliphatic hydroxyl groups is 1. The first-order valence-corrected chi connectivity index (χ1v) is 8.44. The topological polar surface area (TPSA) is 40.5 Å². The number of nitrogens with zero attached hydrogens (tertiary/aromatic N) is 1. The van der Waals surface area contributed by atoms with Gasteiger partial charge in [0.15, 0.2) is 0 Å². The molecule has 1 N–H and O–H groups in total. The van der Waals surface area contributed by atoms with Gasteiger partial charge in [-0.25, -0.2) is 0 Å². The third-order valence-corrected chi connectivity index (χ3v) is 4.96. The Morgan fingerprint density at radius 1 is 1.23 bits per heavy atom. The number of allylic oxidation sites excluding steroid dienone is 2. The van der Waals surface area contributed by atoms with E-state index in [0.717, 1.165) is 44.2 Å². The van der Waals surface area contributed by atoms with Gasteiger partial charge in [-0.1, -0.05) is 42.5 Å². The number of rotatable bonds is 4. The number of hydrogen-bond acceptors (Lipinski definition) is 2. The van der Waals surface area contributed by atoms with Crippen molar-refractivity contribution < 1.29 is 9.90 Å². The van der Waals surface area contributed by atoms with Crippen LogP contribution < -0.4 is 0 Å². The molecule has 0 saturated carbocycles. The molecular weight excluding hydrogens is 274 g/mol. The minimum Gasteiger partial charge on any atom is -0.388 e. The third kappa shape index (κ3) is 3.41. The van der Waals surface area contributed by atoms with Crippen molar-refractivity contribution in [3.8, 4) is 0 Å². The van der Waals surface area contributed by atoms with E-state index in [1.54, 1.807) is 0 Å². The van der Waals surface area contributed by atoms with Crippen molar-refractivity contribution in [3.63, 3.8) is 0 Å². The van der Waals surface area contributed by atoms with Crippen LogP contribution in [0.5, 0.6) is 0 Å². The standard InChI is InChI=1S/C19H25NO2/c21-18(15-8-3-1-4-9-15)14-17-12-7-13-20(17)19(22)16-10-5-2-6-11-16/h1-5,8-9,16-18,21H,6-7,10-14H2/t16-,17+,18+/m1/s1. The number of amides is 1. The average Bonchev–Trinajstić information content (AvgIpc) is 3.04. The van der Waals surface area contributed by atoms with E-state index in [9.17, 15) is 9.90 Å². The number of carbonyl (C=O) groups excluding carboxylic acids is 1. The molecule has 0 spiro atoms. The molecule has 22 heavy (non-hydrogen) atoms. The zero-order chi connectivity index (χ0) is 15.4. The molecule has 1 amide bonds. The molecular formula is C19H25NO2. The molecule has 0 radical (unpaired) electrons. The maximum absolute atomic E-state index is 12.7. The summed E-state index contributed by atoms with van der Waals surface area (Å²) < 4.78 is 0. The predicted octanol–water partition coefficient (Wildman–Crippen LogP) is 3.46. The van der Waals surface area contributed by atoms with Crippen LogP contribution in [0.3, 0.4) is 0 Å². The summed E-state index contributed by atoms with van der Waals surface area (Å²) in [5, 5.41) is 10.4. The van der Waals surface area contributed by atoms with Gasteiger partial charge in [0.25, 0.3) is 0 Å². The molecule has 1 fully saturated rings. The first-order chi connectivity index (χ1) is 10.8. The second-order valence-corrected chi connectivity index (χ2v) is 6.47. The Morgan fingerprint density at radius 3 is 2.77 bits per heavy atom. The molecule has 2 aliphatic rings.